The number of carbonyl (C=O) groups is 1. The van der Waals surface area contributed by atoms with Gasteiger partial charge in [-0.25, -0.2) is 4.39 Å². The molecular weight excluding hydrogens is 255 g/mol. The second-order valence-electron chi connectivity index (χ2n) is 5.79. The highest BCUT2D eigenvalue weighted by Gasteiger charge is 2.21. The molecule has 2 rings (SSSR count). The number of ketones is 1. The second-order valence-corrected chi connectivity index (χ2v) is 5.79. The summed E-state index contributed by atoms with van der Waals surface area (Å²) in [7, 11) is 0. The lowest BCUT2D eigenvalue weighted by atomic mass is 9.84. The summed E-state index contributed by atoms with van der Waals surface area (Å²) in [4.78, 5) is 12.3. The molecule has 0 amide bonds. The maximum Gasteiger partial charge on any atom is 0.195 e. The smallest absolute Gasteiger partial charge is 0.195 e. The molecule has 104 valence electrons. The number of carbonyl (C=O) groups excluding carboxylic acids is 1. The van der Waals surface area contributed by atoms with Crippen LogP contribution in [0.1, 0.15) is 42.3 Å². The standard InChI is InChI=1S/C17H17FO2/c1-17(2,3)13-10-11(8-9-15(13)19)16(20)12-6-4-5-7-14(12)18/h4-10,19H,1-3H3. The van der Waals surface area contributed by atoms with Crippen LogP contribution in [0.25, 0.3) is 0 Å². The van der Waals surface area contributed by atoms with E-state index >= 15 is 0 Å². The van der Waals surface area contributed by atoms with Crippen molar-refractivity contribution in [1.82, 2.24) is 0 Å². The zero-order chi connectivity index (χ0) is 14.9. The van der Waals surface area contributed by atoms with Gasteiger partial charge < -0.3 is 5.11 Å². The molecule has 1 N–H and O–H groups in total. The van der Waals surface area contributed by atoms with Gasteiger partial charge in [0.2, 0.25) is 0 Å². The number of rotatable bonds is 2. The van der Waals surface area contributed by atoms with Crippen molar-refractivity contribution in [2.24, 2.45) is 0 Å². The number of hydrogen-bond donors (Lipinski definition) is 1. The second kappa shape index (κ2) is 5.08. The van der Waals surface area contributed by atoms with Crippen LogP contribution in [-0.4, -0.2) is 10.9 Å². The summed E-state index contributed by atoms with van der Waals surface area (Å²) in [5, 5.41) is 9.89. The van der Waals surface area contributed by atoms with Crippen molar-refractivity contribution in [3.63, 3.8) is 0 Å². The Balaban J connectivity index is 2.50. The van der Waals surface area contributed by atoms with Gasteiger partial charge in [0, 0.05) is 5.56 Å². The Kier molecular flexibility index (Phi) is 3.62. The maximum atomic E-state index is 13.7. The summed E-state index contributed by atoms with van der Waals surface area (Å²) in [5.41, 5.74) is 0.783. The van der Waals surface area contributed by atoms with Gasteiger partial charge in [-0.05, 0) is 41.3 Å². The molecule has 0 aromatic heterocycles. The number of aromatic hydroxyl groups is 1. The minimum atomic E-state index is -0.539. The molecule has 0 aliphatic heterocycles. The molecule has 0 atom stereocenters. The molecule has 0 bridgehead atoms. The minimum absolute atomic E-state index is 0.0399. The molecule has 2 aromatic carbocycles. The molecule has 0 heterocycles. The van der Waals surface area contributed by atoms with Crippen molar-refractivity contribution in [3.05, 3.63) is 65.0 Å². The largest absolute Gasteiger partial charge is 0.508 e. The summed E-state index contributed by atoms with van der Waals surface area (Å²) in [5.74, 6) is -0.779. The molecule has 0 fully saturated rings. The lowest BCUT2D eigenvalue weighted by Gasteiger charge is -2.21. The molecule has 0 radical (unpaired) electrons. The SMILES string of the molecule is CC(C)(C)c1cc(C(=O)c2ccccc2F)ccc1O. The summed E-state index contributed by atoms with van der Waals surface area (Å²) in [6.07, 6.45) is 0. The van der Waals surface area contributed by atoms with Gasteiger partial charge in [0.1, 0.15) is 11.6 Å². The first-order chi connectivity index (χ1) is 9.30. The van der Waals surface area contributed by atoms with Crippen LogP contribution in [0.5, 0.6) is 5.75 Å². The molecule has 0 aliphatic rings. The fourth-order valence-corrected chi connectivity index (χ4v) is 2.08. The van der Waals surface area contributed by atoms with Crippen LogP contribution >= 0.6 is 0 Å². The zero-order valence-corrected chi connectivity index (χ0v) is 11.8. The van der Waals surface area contributed by atoms with E-state index in [2.05, 4.69) is 0 Å². The molecule has 20 heavy (non-hydrogen) atoms. The van der Waals surface area contributed by atoms with Crippen molar-refractivity contribution < 1.29 is 14.3 Å². The van der Waals surface area contributed by atoms with Gasteiger partial charge in [0.25, 0.3) is 0 Å². The quantitative estimate of drug-likeness (QED) is 0.837. The molecule has 3 heteroatoms. The van der Waals surface area contributed by atoms with Crippen LogP contribution in [0.3, 0.4) is 0 Å². The van der Waals surface area contributed by atoms with Gasteiger partial charge in [0.05, 0.1) is 5.56 Å². The van der Waals surface area contributed by atoms with Crippen molar-refractivity contribution in [3.8, 4) is 5.75 Å². The summed E-state index contributed by atoms with van der Waals surface area (Å²) in [6, 6.07) is 10.5. The van der Waals surface area contributed by atoms with Gasteiger partial charge in [-0.3, -0.25) is 4.79 Å². The van der Waals surface area contributed by atoms with Gasteiger partial charge >= 0.3 is 0 Å². The Labute approximate surface area is 117 Å². The van der Waals surface area contributed by atoms with Gasteiger partial charge in [-0.15, -0.1) is 0 Å². The Morgan fingerprint density at radius 2 is 1.75 bits per heavy atom. The number of hydrogen-bond acceptors (Lipinski definition) is 2. The molecular formula is C17H17FO2. The lowest BCUT2D eigenvalue weighted by Crippen LogP contribution is -2.13. The Morgan fingerprint density at radius 1 is 1.10 bits per heavy atom. The fourth-order valence-electron chi connectivity index (χ4n) is 2.08. The molecule has 2 aromatic rings. The van der Waals surface area contributed by atoms with E-state index in [1.807, 2.05) is 20.8 Å². The third-order valence-corrected chi connectivity index (χ3v) is 3.19. The van der Waals surface area contributed by atoms with E-state index in [-0.39, 0.29) is 22.5 Å². The van der Waals surface area contributed by atoms with Crippen LogP contribution in [-0.2, 0) is 5.41 Å². The van der Waals surface area contributed by atoms with Crippen LogP contribution in [0.4, 0.5) is 4.39 Å². The highest BCUT2D eigenvalue weighted by molar-refractivity contribution is 6.09. The zero-order valence-electron chi connectivity index (χ0n) is 11.8. The number of halogens is 1. The first-order valence-corrected chi connectivity index (χ1v) is 6.43. The number of phenolic OH excluding ortho intramolecular Hbond substituents is 1. The van der Waals surface area contributed by atoms with Crippen LogP contribution < -0.4 is 0 Å². The van der Waals surface area contributed by atoms with Crippen LogP contribution in [0.2, 0.25) is 0 Å². The third-order valence-electron chi connectivity index (χ3n) is 3.19. The normalized spacial score (nSPS) is 11.4. The average molecular weight is 272 g/mol. The highest BCUT2D eigenvalue weighted by atomic mass is 19.1. The van der Waals surface area contributed by atoms with E-state index < -0.39 is 5.82 Å². The van der Waals surface area contributed by atoms with E-state index in [0.29, 0.717) is 11.1 Å². The Bertz CT molecular complexity index is 654. The van der Waals surface area contributed by atoms with Crippen molar-refractivity contribution >= 4 is 5.78 Å². The van der Waals surface area contributed by atoms with Crippen molar-refractivity contribution in [1.29, 1.82) is 0 Å². The van der Waals surface area contributed by atoms with E-state index in [1.54, 1.807) is 18.2 Å². The molecule has 0 saturated carbocycles. The first-order valence-electron chi connectivity index (χ1n) is 6.43. The number of phenols is 1. The van der Waals surface area contributed by atoms with Gasteiger partial charge in [-0.1, -0.05) is 32.9 Å². The molecule has 0 unspecified atom stereocenters. The van der Waals surface area contributed by atoms with Crippen molar-refractivity contribution in [2.45, 2.75) is 26.2 Å². The molecule has 0 spiro atoms. The average Bonchev–Trinajstić information content (AvgIpc) is 2.37. The minimum Gasteiger partial charge on any atom is -0.508 e. The Morgan fingerprint density at radius 3 is 2.35 bits per heavy atom. The summed E-state index contributed by atoms with van der Waals surface area (Å²) in [6.45, 7) is 5.83. The third kappa shape index (κ3) is 2.72. The predicted octanol–water partition coefficient (Wildman–Crippen LogP) is 4.06. The van der Waals surface area contributed by atoms with E-state index in [9.17, 15) is 14.3 Å². The monoisotopic (exact) mass is 272 g/mol. The molecule has 0 saturated heterocycles. The van der Waals surface area contributed by atoms with Crippen LogP contribution in [0, 0.1) is 5.82 Å². The van der Waals surface area contributed by atoms with Gasteiger partial charge in [0.15, 0.2) is 5.78 Å². The fraction of sp³-hybridized carbons (Fsp3) is 0.235. The Hall–Kier alpha value is -2.16. The van der Waals surface area contributed by atoms with E-state index in [0.717, 1.165) is 0 Å². The van der Waals surface area contributed by atoms with Crippen molar-refractivity contribution in [2.75, 3.05) is 0 Å². The van der Waals surface area contributed by atoms with E-state index in [4.69, 9.17) is 0 Å². The van der Waals surface area contributed by atoms with Crippen LogP contribution in [0.15, 0.2) is 42.5 Å². The molecule has 2 nitrogen and oxygen atoms in total. The topological polar surface area (TPSA) is 37.3 Å². The van der Waals surface area contributed by atoms with Gasteiger partial charge in [-0.2, -0.15) is 0 Å². The van der Waals surface area contributed by atoms with E-state index in [1.165, 1.54) is 24.3 Å². The lowest BCUT2D eigenvalue weighted by molar-refractivity contribution is 0.103. The first kappa shape index (κ1) is 14.3. The maximum absolute atomic E-state index is 13.7. The number of benzene rings is 2. The molecule has 0 aliphatic carbocycles. The highest BCUT2D eigenvalue weighted by Crippen LogP contribution is 2.31. The summed E-state index contributed by atoms with van der Waals surface area (Å²) >= 11 is 0. The predicted molar refractivity (Wildman–Crippen MR) is 76.6 cm³/mol. The summed E-state index contributed by atoms with van der Waals surface area (Å²) < 4.78 is 13.7.